The number of anilines is 1. The molecule has 0 N–H and O–H groups in total. The number of rotatable bonds is 5. The van der Waals surface area contributed by atoms with Crippen molar-refractivity contribution >= 4 is 17.4 Å². The Bertz CT molecular complexity index is 514. The predicted molar refractivity (Wildman–Crippen MR) is 88.1 cm³/mol. The van der Waals surface area contributed by atoms with Gasteiger partial charge < -0.3 is 4.90 Å². The topological polar surface area (TPSA) is 29.0 Å². The molecule has 2 aliphatic rings. The maximum absolute atomic E-state index is 6.40. The van der Waals surface area contributed by atoms with Gasteiger partial charge in [-0.3, -0.25) is 0 Å². The second-order valence-corrected chi connectivity index (χ2v) is 8.19. The van der Waals surface area contributed by atoms with E-state index in [4.69, 9.17) is 16.6 Å². The summed E-state index contributed by atoms with van der Waals surface area (Å²) in [6.07, 6.45) is 5.46. The standard InChI is InChI=1S/C17H26ClN3/c1-11-14(18)19-16(17(2,3)4)20-15(11)21(9-12-5-6-12)10-13-7-8-13/h12-13H,5-10H2,1-4H3. The SMILES string of the molecule is Cc1c(Cl)nc(C(C)(C)C)nc1N(CC1CC1)CC1CC1. The molecule has 0 bridgehead atoms. The molecule has 2 aliphatic carbocycles. The zero-order valence-electron chi connectivity index (χ0n) is 13.6. The molecular weight excluding hydrogens is 282 g/mol. The van der Waals surface area contributed by atoms with Gasteiger partial charge in [-0.15, -0.1) is 0 Å². The molecule has 3 nitrogen and oxygen atoms in total. The monoisotopic (exact) mass is 307 g/mol. The molecule has 116 valence electrons. The van der Waals surface area contributed by atoms with E-state index in [2.05, 4.69) is 37.6 Å². The highest BCUT2D eigenvalue weighted by Gasteiger charge is 2.31. The summed E-state index contributed by atoms with van der Waals surface area (Å²) in [6.45, 7) is 10.7. The average Bonchev–Trinajstić information content (AvgIpc) is 3.25. The lowest BCUT2D eigenvalue weighted by molar-refractivity contribution is 0.541. The van der Waals surface area contributed by atoms with E-state index in [1.54, 1.807) is 0 Å². The van der Waals surface area contributed by atoms with Gasteiger partial charge in [0.25, 0.3) is 0 Å². The average molecular weight is 308 g/mol. The van der Waals surface area contributed by atoms with Crippen molar-refractivity contribution in [1.29, 1.82) is 0 Å². The first-order chi connectivity index (χ1) is 9.84. The molecule has 0 atom stereocenters. The molecule has 2 fully saturated rings. The summed E-state index contributed by atoms with van der Waals surface area (Å²) in [5.41, 5.74) is 0.961. The van der Waals surface area contributed by atoms with Crippen LogP contribution >= 0.6 is 11.6 Å². The number of hydrogen-bond donors (Lipinski definition) is 0. The molecule has 0 saturated heterocycles. The first-order valence-electron chi connectivity index (χ1n) is 8.14. The molecule has 0 spiro atoms. The van der Waals surface area contributed by atoms with E-state index in [1.807, 2.05) is 0 Å². The van der Waals surface area contributed by atoms with E-state index < -0.39 is 0 Å². The van der Waals surface area contributed by atoms with E-state index in [-0.39, 0.29) is 5.41 Å². The van der Waals surface area contributed by atoms with Crippen LogP contribution in [0.2, 0.25) is 5.15 Å². The fourth-order valence-corrected chi connectivity index (χ4v) is 2.76. The number of halogens is 1. The van der Waals surface area contributed by atoms with Crippen LogP contribution in [-0.2, 0) is 5.41 Å². The lowest BCUT2D eigenvalue weighted by Gasteiger charge is -2.28. The molecule has 21 heavy (non-hydrogen) atoms. The second kappa shape index (κ2) is 5.42. The van der Waals surface area contributed by atoms with Gasteiger partial charge in [0.1, 0.15) is 16.8 Å². The van der Waals surface area contributed by atoms with Crippen molar-refractivity contribution in [3.8, 4) is 0 Å². The van der Waals surface area contributed by atoms with Crippen LogP contribution in [0.1, 0.15) is 57.8 Å². The van der Waals surface area contributed by atoms with E-state index in [9.17, 15) is 0 Å². The van der Waals surface area contributed by atoms with Gasteiger partial charge in [0, 0.05) is 24.1 Å². The number of nitrogens with zero attached hydrogens (tertiary/aromatic N) is 3. The van der Waals surface area contributed by atoms with Gasteiger partial charge >= 0.3 is 0 Å². The zero-order valence-corrected chi connectivity index (χ0v) is 14.4. The van der Waals surface area contributed by atoms with Gasteiger partial charge in [0.05, 0.1) is 0 Å². The predicted octanol–water partition coefficient (Wildman–Crippen LogP) is 4.36. The summed E-state index contributed by atoms with van der Waals surface area (Å²) >= 11 is 6.40. The van der Waals surface area contributed by atoms with Crippen molar-refractivity contribution in [2.24, 2.45) is 11.8 Å². The largest absolute Gasteiger partial charge is 0.356 e. The van der Waals surface area contributed by atoms with Crippen LogP contribution in [0.4, 0.5) is 5.82 Å². The quantitative estimate of drug-likeness (QED) is 0.757. The molecule has 2 saturated carbocycles. The third-order valence-electron chi connectivity index (χ3n) is 4.38. The minimum Gasteiger partial charge on any atom is -0.356 e. The Labute approximate surface area is 133 Å². The number of aromatic nitrogens is 2. The van der Waals surface area contributed by atoms with Crippen LogP contribution in [0, 0.1) is 18.8 Å². The molecule has 3 rings (SSSR count). The van der Waals surface area contributed by atoms with Crippen molar-refractivity contribution in [2.45, 2.75) is 58.8 Å². The molecule has 0 unspecified atom stereocenters. The van der Waals surface area contributed by atoms with Crippen LogP contribution in [0.5, 0.6) is 0 Å². The van der Waals surface area contributed by atoms with Gasteiger partial charge in [-0.25, -0.2) is 9.97 Å². The maximum atomic E-state index is 6.40. The molecule has 1 aromatic rings. The summed E-state index contributed by atoms with van der Waals surface area (Å²) < 4.78 is 0. The highest BCUT2D eigenvalue weighted by molar-refractivity contribution is 6.30. The fraction of sp³-hybridized carbons (Fsp3) is 0.765. The summed E-state index contributed by atoms with van der Waals surface area (Å²) in [4.78, 5) is 11.9. The second-order valence-electron chi connectivity index (χ2n) is 7.83. The highest BCUT2D eigenvalue weighted by Crippen LogP contribution is 2.37. The van der Waals surface area contributed by atoms with Gasteiger partial charge in [0.15, 0.2) is 0 Å². The Morgan fingerprint density at radius 3 is 2.00 bits per heavy atom. The minimum atomic E-state index is -0.0725. The summed E-state index contributed by atoms with van der Waals surface area (Å²) in [6, 6.07) is 0. The molecule has 0 radical (unpaired) electrons. The first-order valence-corrected chi connectivity index (χ1v) is 8.52. The van der Waals surface area contributed by atoms with Gasteiger partial charge in [-0.2, -0.15) is 0 Å². The molecule has 0 amide bonds. The third kappa shape index (κ3) is 3.68. The van der Waals surface area contributed by atoms with E-state index in [0.29, 0.717) is 5.15 Å². The van der Waals surface area contributed by atoms with Gasteiger partial charge in [-0.05, 0) is 44.4 Å². The fourth-order valence-electron chi connectivity index (χ4n) is 2.59. The normalized spacial score (nSPS) is 18.9. The summed E-state index contributed by atoms with van der Waals surface area (Å²) in [7, 11) is 0. The Kier molecular flexibility index (Phi) is 3.89. The Balaban J connectivity index is 1.93. The molecule has 0 aromatic carbocycles. The Morgan fingerprint density at radius 1 is 1.05 bits per heavy atom. The molecule has 0 aliphatic heterocycles. The van der Waals surface area contributed by atoms with Crippen LogP contribution in [-0.4, -0.2) is 23.1 Å². The van der Waals surface area contributed by atoms with Crippen LogP contribution in [0.25, 0.3) is 0 Å². The van der Waals surface area contributed by atoms with Gasteiger partial charge in [-0.1, -0.05) is 32.4 Å². The van der Waals surface area contributed by atoms with Crippen molar-refractivity contribution in [3.63, 3.8) is 0 Å². The van der Waals surface area contributed by atoms with Crippen molar-refractivity contribution in [1.82, 2.24) is 9.97 Å². The Hall–Kier alpha value is -0.830. The highest BCUT2D eigenvalue weighted by atomic mass is 35.5. The van der Waals surface area contributed by atoms with Crippen LogP contribution in [0.15, 0.2) is 0 Å². The molecule has 1 heterocycles. The van der Waals surface area contributed by atoms with Crippen LogP contribution < -0.4 is 4.90 Å². The lowest BCUT2D eigenvalue weighted by Crippen LogP contribution is -2.31. The molecular formula is C17H26ClN3. The summed E-state index contributed by atoms with van der Waals surface area (Å²) in [5, 5.41) is 0.613. The summed E-state index contributed by atoms with van der Waals surface area (Å²) in [5.74, 6) is 3.63. The van der Waals surface area contributed by atoms with Crippen molar-refractivity contribution < 1.29 is 0 Å². The maximum Gasteiger partial charge on any atom is 0.137 e. The smallest absolute Gasteiger partial charge is 0.137 e. The van der Waals surface area contributed by atoms with Gasteiger partial charge in [0.2, 0.25) is 0 Å². The lowest BCUT2D eigenvalue weighted by atomic mass is 9.95. The molecule has 1 aromatic heterocycles. The van der Waals surface area contributed by atoms with Crippen molar-refractivity contribution in [3.05, 3.63) is 16.5 Å². The first kappa shape index (κ1) is 15.1. The zero-order chi connectivity index (χ0) is 15.2. The van der Waals surface area contributed by atoms with E-state index in [1.165, 1.54) is 25.7 Å². The molecule has 4 heteroatoms. The third-order valence-corrected chi connectivity index (χ3v) is 4.75. The number of hydrogen-bond acceptors (Lipinski definition) is 3. The van der Waals surface area contributed by atoms with Crippen molar-refractivity contribution in [2.75, 3.05) is 18.0 Å². The minimum absolute atomic E-state index is 0.0725. The van der Waals surface area contributed by atoms with E-state index in [0.717, 1.165) is 42.1 Å². The van der Waals surface area contributed by atoms with Crippen LogP contribution in [0.3, 0.4) is 0 Å². The van der Waals surface area contributed by atoms with E-state index >= 15 is 0 Å². The Morgan fingerprint density at radius 2 is 1.57 bits per heavy atom.